The van der Waals surface area contributed by atoms with E-state index >= 15 is 0 Å². The molecular formula is C7H11FS. The van der Waals surface area contributed by atoms with Gasteiger partial charge in [-0.25, -0.2) is 4.39 Å². The second-order valence-corrected chi connectivity index (χ2v) is 3.02. The van der Waals surface area contributed by atoms with Crippen molar-refractivity contribution in [2.75, 3.05) is 5.75 Å². The molecule has 0 unspecified atom stereocenters. The molecule has 0 bridgehead atoms. The highest BCUT2D eigenvalue weighted by molar-refractivity contribution is 8.03. The summed E-state index contributed by atoms with van der Waals surface area (Å²) in [5.41, 5.74) is 0. The average molecular weight is 146 g/mol. The number of hydrogen-bond donors (Lipinski definition) is 0. The molecule has 0 aromatic rings. The van der Waals surface area contributed by atoms with Crippen molar-refractivity contribution in [3.8, 4) is 0 Å². The summed E-state index contributed by atoms with van der Waals surface area (Å²) < 4.78 is 12.1. The van der Waals surface area contributed by atoms with Crippen LogP contribution in [0.5, 0.6) is 0 Å². The van der Waals surface area contributed by atoms with E-state index in [0.717, 1.165) is 10.7 Å². The molecule has 0 aliphatic carbocycles. The third kappa shape index (κ3) is 5.63. The van der Waals surface area contributed by atoms with E-state index in [-0.39, 0.29) is 5.83 Å². The lowest BCUT2D eigenvalue weighted by atomic mass is 10.5. The fraction of sp³-hybridized carbons (Fsp3) is 0.429. The fourth-order valence-corrected chi connectivity index (χ4v) is 1.07. The number of thioether (sulfide) groups is 1. The summed E-state index contributed by atoms with van der Waals surface area (Å²) in [6.45, 7) is 7.06. The Morgan fingerprint density at radius 2 is 2.33 bits per heavy atom. The molecule has 0 fully saturated rings. The lowest BCUT2D eigenvalue weighted by molar-refractivity contribution is 0.640. The van der Waals surface area contributed by atoms with Gasteiger partial charge < -0.3 is 0 Å². The van der Waals surface area contributed by atoms with Crippen LogP contribution >= 0.6 is 11.8 Å². The van der Waals surface area contributed by atoms with Crippen LogP contribution in [-0.2, 0) is 0 Å². The van der Waals surface area contributed by atoms with Gasteiger partial charge in [-0.05, 0) is 18.8 Å². The minimum atomic E-state index is -0.180. The molecule has 0 rings (SSSR count). The molecule has 0 heterocycles. The first-order chi connectivity index (χ1) is 4.16. The molecule has 52 valence electrons. The molecule has 0 saturated carbocycles. The highest BCUT2D eigenvalue weighted by Gasteiger charge is 1.87. The molecule has 0 atom stereocenters. The largest absolute Gasteiger partial charge is 0.212 e. The summed E-state index contributed by atoms with van der Waals surface area (Å²) in [4.78, 5) is 0.789. The van der Waals surface area contributed by atoms with Crippen LogP contribution in [0.4, 0.5) is 4.39 Å². The van der Waals surface area contributed by atoms with Gasteiger partial charge >= 0.3 is 0 Å². The van der Waals surface area contributed by atoms with E-state index in [1.807, 2.05) is 6.92 Å². The summed E-state index contributed by atoms with van der Waals surface area (Å²) in [5, 5.41) is 0. The van der Waals surface area contributed by atoms with Crippen LogP contribution in [0.3, 0.4) is 0 Å². The molecule has 0 saturated heterocycles. The van der Waals surface area contributed by atoms with Gasteiger partial charge in [0.2, 0.25) is 0 Å². The smallest absolute Gasteiger partial charge is 0.0979 e. The molecule has 0 aromatic carbocycles. The van der Waals surface area contributed by atoms with Crippen molar-refractivity contribution in [3.63, 3.8) is 0 Å². The Kier molecular flexibility index (Phi) is 4.50. The molecule has 0 aliphatic heterocycles. The summed E-state index contributed by atoms with van der Waals surface area (Å²) in [5.74, 6) is 0.767. The zero-order valence-corrected chi connectivity index (χ0v) is 6.59. The van der Waals surface area contributed by atoms with Crippen molar-refractivity contribution in [3.05, 3.63) is 23.4 Å². The molecule has 9 heavy (non-hydrogen) atoms. The first kappa shape index (κ1) is 8.76. The minimum Gasteiger partial charge on any atom is -0.212 e. The van der Waals surface area contributed by atoms with Crippen molar-refractivity contribution < 1.29 is 4.39 Å². The third-order valence-electron chi connectivity index (χ3n) is 0.690. The van der Waals surface area contributed by atoms with Gasteiger partial charge in [-0.2, -0.15) is 0 Å². The van der Waals surface area contributed by atoms with Crippen molar-refractivity contribution in [1.29, 1.82) is 0 Å². The van der Waals surface area contributed by atoms with Crippen molar-refractivity contribution >= 4 is 11.8 Å². The highest BCUT2D eigenvalue weighted by Crippen LogP contribution is 2.15. The Balaban J connectivity index is 3.63. The van der Waals surface area contributed by atoms with Crippen LogP contribution in [0.15, 0.2) is 23.4 Å². The van der Waals surface area contributed by atoms with Crippen LogP contribution in [0, 0.1) is 0 Å². The Morgan fingerprint density at radius 1 is 1.78 bits per heavy atom. The van der Waals surface area contributed by atoms with Gasteiger partial charge in [-0.15, -0.1) is 11.8 Å². The molecular weight excluding hydrogens is 135 g/mol. The Bertz CT molecular complexity index is 123. The van der Waals surface area contributed by atoms with E-state index < -0.39 is 0 Å². The van der Waals surface area contributed by atoms with Crippen LogP contribution < -0.4 is 0 Å². The summed E-state index contributed by atoms with van der Waals surface area (Å²) in [7, 11) is 0. The maximum atomic E-state index is 12.1. The summed E-state index contributed by atoms with van der Waals surface area (Å²) in [6, 6.07) is 0. The van der Waals surface area contributed by atoms with Gasteiger partial charge in [0.25, 0.3) is 0 Å². The van der Waals surface area contributed by atoms with Gasteiger partial charge in [0.15, 0.2) is 0 Å². The first-order valence-electron chi connectivity index (χ1n) is 2.82. The molecule has 0 radical (unpaired) electrons. The first-order valence-corrected chi connectivity index (χ1v) is 3.81. The molecule has 0 amide bonds. The molecule has 0 aromatic heterocycles. The van der Waals surface area contributed by atoms with Crippen LogP contribution in [0.25, 0.3) is 0 Å². The van der Waals surface area contributed by atoms with Gasteiger partial charge in [-0.1, -0.05) is 13.5 Å². The van der Waals surface area contributed by atoms with Crippen molar-refractivity contribution in [2.45, 2.75) is 13.8 Å². The average Bonchev–Trinajstić information content (AvgIpc) is 1.63. The van der Waals surface area contributed by atoms with E-state index in [2.05, 4.69) is 6.58 Å². The number of rotatable bonds is 3. The second kappa shape index (κ2) is 4.62. The predicted molar refractivity (Wildman–Crippen MR) is 42.1 cm³/mol. The van der Waals surface area contributed by atoms with E-state index in [1.54, 1.807) is 11.8 Å². The lowest BCUT2D eigenvalue weighted by Gasteiger charge is -1.93. The number of allylic oxidation sites excluding steroid dienone is 2. The molecule has 0 N–H and O–H groups in total. The number of hydrogen-bond acceptors (Lipinski definition) is 1. The maximum Gasteiger partial charge on any atom is 0.0979 e. The van der Waals surface area contributed by atoms with Crippen LogP contribution in [0.1, 0.15) is 13.8 Å². The molecule has 0 spiro atoms. The van der Waals surface area contributed by atoms with E-state index in [4.69, 9.17) is 0 Å². The fourth-order valence-electron chi connectivity index (χ4n) is 0.449. The van der Waals surface area contributed by atoms with Gasteiger partial charge in [0, 0.05) is 4.91 Å². The van der Waals surface area contributed by atoms with E-state index in [1.165, 1.54) is 13.0 Å². The molecule has 0 nitrogen and oxygen atoms in total. The monoisotopic (exact) mass is 146 g/mol. The molecule has 2 heteroatoms. The second-order valence-electron chi connectivity index (χ2n) is 1.63. The Labute approximate surface area is 59.8 Å². The van der Waals surface area contributed by atoms with Gasteiger partial charge in [0.05, 0.1) is 5.83 Å². The van der Waals surface area contributed by atoms with Crippen LogP contribution in [0.2, 0.25) is 0 Å². The maximum absolute atomic E-state index is 12.1. The number of halogens is 1. The van der Waals surface area contributed by atoms with E-state index in [0.29, 0.717) is 0 Å². The topological polar surface area (TPSA) is 0 Å². The Morgan fingerprint density at radius 3 is 2.67 bits per heavy atom. The predicted octanol–water partition coefficient (Wildman–Crippen LogP) is 3.13. The highest BCUT2D eigenvalue weighted by atomic mass is 32.2. The van der Waals surface area contributed by atoms with E-state index in [9.17, 15) is 4.39 Å². The van der Waals surface area contributed by atoms with Crippen molar-refractivity contribution in [2.24, 2.45) is 0 Å². The summed E-state index contributed by atoms with van der Waals surface area (Å²) in [6.07, 6.45) is 1.44. The molecule has 0 aliphatic rings. The van der Waals surface area contributed by atoms with Gasteiger partial charge in [0.1, 0.15) is 0 Å². The minimum absolute atomic E-state index is 0.180. The van der Waals surface area contributed by atoms with Crippen molar-refractivity contribution in [1.82, 2.24) is 0 Å². The van der Waals surface area contributed by atoms with Gasteiger partial charge in [-0.3, -0.25) is 0 Å². The SMILES string of the molecule is C=C(/C=C(\C)F)SCC. The third-order valence-corrected chi connectivity index (χ3v) is 1.47. The van der Waals surface area contributed by atoms with Crippen LogP contribution in [-0.4, -0.2) is 5.75 Å². The lowest BCUT2D eigenvalue weighted by Crippen LogP contribution is -1.69. The summed E-state index contributed by atoms with van der Waals surface area (Å²) >= 11 is 1.55. The zero-order valence-electron chi connectivity index (χ0n) is 5.78. The Hall–Kier alpha value is -0.240. The quantitative estimate of drug-likeness (QED) is 0.551. The normalized spacial score (nSPS) is 11.7. The standard InChI is InChI=1S/C7H11FS/c1-4-9-7(3)5-6(2)8/h5H,3-4H2,1-2H3/b6-5+. The zero-order chi connectivity index (χ0) is 7.28.